The SMILES string of the molecule is C/C=C\c1ccccc1C.CC.CC.CC#CC.Cc1ccc(OCc2ccccc2)cc1. The quantitative estimate of drug-likeness (QED) is 0.364. The van der Waals surface area contributed by atoms with Crippen molar-refractivity contribution >= 4 is 6.08 Å². The van der Waals surface area contributed by atoms with E-state index in [1.807, 2.05) is 78.8 Å². The van der Waals surface area contributed by atoms with E-state index in [9.17, 15) is 0 Å². The summed E-state index contributed by atoms with van der Waals surface area (Å²) in [7, 11) is 0. The Balaban J connectivity index is 0. The van der Waals surface area contributed by atoms with Gasteiger partial charge in [-0.1, -0.05) is 112 Å². The molecule has 0 saturated heterocycles. The molecular formula is C32H44O. The van der Waals surface area contributed by atoms with Gasteiger partial charge >= 0.3 is 0 Å². The molecule has 0 unspecified atom stereocenters. The van der Waals surface area contributed by atoms with Gasteiger partial charge in [0.2, 0.25) is 0 Å². The molecule has 0 saturated carbocycles. The van der Waals surface area contributed by atoms with Crippen molar-refractivity contribution in [1.29, 1.82) is 0 Å². The van der Waals surface area contributed by atoms with Crippen molar-refractivity contribution in [2.75, 3.05) is 0 Å². The molecule has 0 aromatic heterocycles. The number of hydrogen-bond acceptors (Lipinski definition) is 1. The lowest BCUT2D eigenvalue weighted by molar-refractivity contribution is 0.306. The fraction of sp³-hybridized carbons (Fsp3) is 0.312. The third-order valence-electron chi connectivity index (χ3n) is 4.05. The summed E-state index contributed by atoms with van der Waals surface area (Å²) in [5, 5.41) is 0. The van der Waals surface area contributed by atoms with Crippen LogP contribution in [0.5, 0.6) is 5.75 Å². The van der Waals surface area contributed by atoms with Crippen LogP contribution < -0.4 is 4.74 Å². The number of aryl methyl sites for hydroxylation is 2. The minimum absolute atomic E-state index is 0.629. The molecule has 3 rings (SSSR count). The van der Waals surface area contributed by atoms with E-state index >= 15 is 0 Å². The molecular weight excluding hydrogens is 400 g/mol. The Bertz CT molecular complexity index is 888. The zero-order valence-corrected chi connectivity index (χ0v) is 22.3. The first-order valence-corrected chi connectivity index (χ1v) is 11.9. The monoisotopic (exact) mass is 444 g/mol. The molecule has 3 aromatic carbocycles. The first-order valence-electron chi connectivity index (χ1n) is 11.9. The number of hydrogen-bond donors (Lipinski definition) is 0. The van der Waals surface area contributed by atoms with Gasteiger partial charge in [-0.15, -0.1) is 11.8 Å². The molecule has 0 heterocycles. The van der Waals surface area contributed by atoms with Crippen molar-refractivity contribution in [1.82, 2.24) is 0 Å². The third-order valence-corrected chi connectivity index (χ3v) is 4.05. The zero-order chi connectivity index (χ0) is 25.3. The van der Waals surface area contributed by atoms with Crippen molar-refractivity contribution in [3.8, 4) is 17.6 Å². The molecule has 0 aliphatic carbocycles. The van der Waals surface area contributed by atoms with E-state index in [1.165, 1.54) is 22.3 Å². The molecule has 178 valence electrons. The topological polar surface area (TPSA) is 9.23 Å². The van der Waals surface area contributed by atoms with Crippen LogP contribution in [-0.2, 0) is 6.61 Å². The van der Waals surface area contributed by atoms with Crippen molar-refractivity contribution in [3.63, 3.8) is 0 Å². The first-order chi connectivity index (χ1) is 16.1. The highest BCUT2D eigenvalue weighted by atomic mass is 16.5. The van der Waals surface area contributed by atoms with Crippen LogP contribution in [0.2, 0.25) is 0 Å². The summed E-state index contributed by atoms with van der Waals surface area (Å²) in [6, 6.07) is 26.6. The highest BCUT2D eigenvalue weighted by Crippen LogP contribution is 2.13. The first kappa shape index (κ1) is 31.9. The van der Waals surface area contributed by atoms with Crippen LogP contribution in [-0.4, -0.2) is 0 Å². The normalized spacial score (nSPS) is 8.52. The maximum absolute atomic E-state index is 5.65. The van der Waals surface area contributed by atoms with Crippen molar-refractivity contribution in [2.45, 2.75) is 68.9 Å². The molecule has 1 heteroatoms. The van der Waals surface area contributed by atoms with Gasteiger partial charge in [0, 0.05) is 0 Å². The lowest BCUT2D eigenvalue weighted by atomic mass is 10.1. The Hall–Kier alpha value is -3.24. The highest BCUT2D eigenvalue weighted by molar-refractivity contribution is 5.52. The summed E-state index contributed by atoms with van der Waals surface area (Å²) < 4.78 is 5.65. The van der Waals surface area contributed by atoms with Gasteiger partial charge in [0.25, 0.3) is 0 Å². The van der Waals surface area contributed by atoms with Crippen LogP contribution in [0, 0.1) is 25.7 Å². The molecule has 1 nitrogen and oxygen atoms in total. The van der Waals surface area contributed by atoms with Crippen LogP contribution in [0.25, 0.3) is 6.08 Å². The van der Waals surface area contributed by atoms with Crippen LogP contribution in [0.3, 0.4) is 0 Å². The van der Waals surface area contributed by atoms with Crippen LogP contribution in [0.15, 0.2) is 84.9 Å². The Morgan fingerprint density at radius 1 is 0.697 bits per heavy atom. The van der Waals surface area contributed by atoms with Gasteiger partial charge in [-0.2, -0.15) is 0 Å². The summed E-state index contributed by atoms with van der Waals surface area (Å²) in [6.45, 7) is 18.5. The summed E-state index contributed by atoms with van der Waals surface area (Å²) in [5.74, 6) is 6.28. The molecule has 0 amide bonds. The second-order valence-corrected chi connectivity index (χ2v) is 6.44. The van der Waals surface area contributed by atoms with E-state index in [0.717, 1.165) is 5.75 Å². The standard InChI is InChI=1S/C14H14O.C10H12.C4H6.2C2H6/c1-12-7-9-14(10-8-12)15-11-13-5-3-2-4-6-13;1-3-6-10-8-5-4-7-9(10)2;1-3-4-2;2*1-2/h2-10H,11H2,1H3;3-8H,1-2H3;1-2H3;2*1-2H3/b;6-3-;;;. The van der Waals surface area contributed by atoms with Gasteiger partial charge in [-0.05, 0) is 63.4 Å². The third kappa shape index (κ3) is 17.0. The van der Waals surface area contributed by atoms with Crippen molar-refractivity contribution in [2.24, 2.45) is 0 Å². The lowest BCUT2D eigenvalue weighted by Gasteiger charge is -2.06. The van der Waals surface area contributed by atoms with Gasteiger partial charge < -0.3 is 4.74 Å². The Kier molecular flexibility index (Phi) is 22.7. The summed E-state index contributed by atoms with van der Waals surface area (Å²) >= 11 is 0. The Morgan fingerprint density at radius 3 is 1.70 bits per heavy atom. The summed E-state index contributed by atoms with van der Waals surface area (Å²) in [5.41, 5.74) is 5.09. The van der Waals surface area contributed by atoms with Crippen molar-refractivity contribution < 1.29 is 4.74 Å². The molecule has 0 N–H and O–H groups in total. The minimum atomic E-state index is 0.629. The minimum Gasteiger partial charge on any atom is -0.489 e. The molecule has 0 atom stereocenters. The average Bonchev–Trinajstić information content (AvgIpc) is 2.89. The maximum atomic E-state index is 5.65. The fourth-order valence-electron chi connectivity index (χ4n) is 2.33. The molecule has 0 fully saturated rings. The number of allylic oxidation sites excluding steroid dienone is 1. The van der Waals surface area contributed by atoms with Crippen LogP contribution >= 0.6 is 0 Å². The molecule has 33 heavy (non-hydrogen) atoms. The zero-order valence-electron chi connectivity index (χ0n) is 22.3. The van der Waals surface area contributed by atoms with Gasteiger partial charge in [0.05, 0.1) is 0 Å². The fourth-order valence-corrected chi connectivity index (χ4v) is 2.33. The van der Waals surface area contributed by atoms with E-state index in [-0.39, 0.29) is 0 Å². The van der Waals surface area contributed by atoms with E-state index in [4.69, 9.17) is 4.74 Å². The largest absolute Gasteiger partial charge is 0.489 e. The van der Waals surface area contributed by atoms with Crippen LogP contribution in [0.4, 0.5) is 0 Å². The molecule has 0 radical (unpaired) electrons. The molecule has 3 aromatic rings. The van der Waals surface area contributed by atoms with E-state index < -0.39 is 0 Å². The average molecular weight is 445 g/mol. The lowest BCUT2D eigenvalue weighted by Crippen LogP contribution is -1.94. The van der Waals surface area contributed by atoms with Crippen LogP contribution in [0.1, 0.15) is 70.7 Å². The number of rotatable bonds is 4. The van der Waals surface area contributed by atoms with Gasteiger partial charge in [-0.3, -0.25) is 0 Å². The Labute approximate surface area is 204 Å². The van der Waals surface area contributed by atoms with Gasteiger partial charge in [0.15, 0.2) is 0 Å². The van der Waals surface area contributed by atoms with Gasteiger partial charge in [0.1, 0.15) is 12.4 Å². The second kappa shape index (κ2) is 23.4. The van der Waals surface area contributed by atoms with Crippen molar-refractivity contribution in [3.05, 3.63) is 107 Å². The van der Waals surface area contributed by atoms with E-state index in [1.54, 1.807) is 0 Å². The predicted octanol–water partition coefficient (Wildman–Crippen LogP) is 9.68. The predicted molar refractivity (Wildman–Crippen MR) is 150 cm³/mol. The second-order valence-electron chi connectivity index (χ2n) is 6.44. The summed E-state index contributed by atoms with van der Waals surface area (Å²) in [6.07, 6.45) is 4.18. The van der Waals surface area contributed by atoms with E-state index in [0.29, 0.717) is 6.61 Å². The number of benzene rings is 3. The molecule has 0 spiro atoms. The number of ether oxygens (including phenoxy) is 1. The summed E-state index contributed by atoms with van der Waals surface area (Å²) in [4.78, 5) is 0. The van der Waals surface area contributed by atoms with Gasteiger partial charge in [-0.25, -0.2) is 0 Å². The molecule has 0 aliphatic heterocycles. The smallest absolute Gasteiger partial charge is 0.119 e. The van der Waals surface area contributed by atoms with E-state index in [2.05, 4.69) is 86.4 Å². The highest BCUT2D eigenvalue weighted by Gasteiger charge is 1.94. The Morgan fingerprint density at radius 2 is 1.21 bits per heavy atom. The molecule has 0 bridgehead atoms. The maximum Gasteiger partial charge on any atom is 0.119 e. The molecule has 0 aliphatic rings.